The third-order valence-corrected chi connectivity index (χ3v) is 2.74. The lowest BCUT2D eigenvalue weighted by Crippen LogP contribution is -2.32. The van der Waals surface area contributed by atoms with Crippen LogP contribution >= 0.6 is 0 Å². The third-order valence-electron chi connectivity index (χ3n) is 2.74. The topological polar surface area (TPSA) is 29.1 Å². The molecular formula is C12H14FNO. The highest BCUT2D eigenvalue weighted by Gasteiger charge is 2.25. The number of hydrogen-bond acceptors (Lipinski definition) is 1. The van der Waals surface area contributed by atoms with E-state index in [-0.39, 0.29) is 11.9 Å². The maximum absolute atomic E-state index is 12.9. The van der Waals surface area contributed by atoms with Crippen LogP contribution < -0.4 is 5.32 Å². The summed E-state index contributed by atoms with van der Waals surface area (Å²) in [5, 5.41) is 2.85. The molecule has 0 bridgehead atoms. The molecule has 1 saturated carbocycles. The predicted molar refractivity (Wildman–Crippen MR) is 56.4 cm³/mol. The number of rotatable bonds is 2. The minimum absolute atomic E-state index is 0.00714. The number of carbonyl (C=O) groups is 1. The van der Waals surface area contributed by atoms with Crippen LogP contribution in [0.4, 0.5) is 4.39 Å². The maximum atomic E-state index is 12.9. The molecular weight excluding hydrogens is 193 g/mol. The monoisotopic (exact) mass is 207 g/mol. The van der Waals surface area contributed by atoms with Crippen LogP contribution in [-0.4, -0.2) is 18.1 Å². The van der Waals surface area contributed by atoms with Crippen molar-refractivity contribution < 1.29 is 9.18 Å². The summed E-state index contributed by atoms with van der Waals surface area (Å²) in [6.45, 7) is 0. The summed E-state index contributed by atoms with van der Waals surface area (Å²) in [5.74, 6) is -0.102. The fourth-order valence-corrected chi connectivity index (χ4v) is 1.92. The van der Waals surface area contributed by atoms with Crippen molar-refractivity contribution in [3.05, 3.63) is 35.9 Å². The molecule has 1 fully saturated rings. The molecule has 1 amide bonds. The summed E-state index contributed by atoms with van der Waals surface area (Å²) < 4.78 is 12.9. The molecule has 0 saturated heterocycles. The van der Waals surface area contributed by atoms with Crippen LogP contribution in [-0.2, 0) is 0 Å². The number of nitrogens with one attached hydrogen (secondary N) is 1. The molecule has 0 spiro atoms. The molecule has 2 atom stereocenters. The van der Waals surface area contributed by atoms with Gasteiger partial charge in [0.2, 0.25) is 0 Å². The zero-order chi connectivity index (χ0) is 10.7. The molecule has 1 N–H and O–H groups in total. The Morgan fingerprint density at radius 2 is 2.00 bits per heavy atom. The number of amides is 1. The van der Waals surface area contributed by atoms with Gasteiger partial charge in [-0.05, 0) is 31.4 Å². The van der Waals surface area contributed by atoms with E-state index in [0.717, 1.165) is 6.42 Å². The van der Waals surface area contributed by atoms with Crippen LogP contribution in [0.3, 0.4) is 0 Å². The van der Waals surface area contributed by atoms with Crippen molar-refractivity contribution in [2.45, 2.75) is 31.5 Å². The number of carbonyl (C=O) groups excluding carboxylic acids is 1. The summed E-state index contributed by atoms with van der Waals surface area (Å²) in [4.78, 5) is 11.7. The summed E-state index contributed by atoms with van der Waals surface area (Å²) in [6, 6.07) is 9.04. The van der Waals surface area contributed by atoms with Crippen LogP contribution in [0.5, 0.6) is 0 Å². The lowest BCUT2D eigenvalue weighted by atomic mass is 10.2. The molecule has 2 nitrogen and oxygen atoms in total. The van der Waals surface area contributed by atoms with Gasteiger partial charge in [-0.1, -0.05) is 18.2 Å². The Balaban J connectivity index is 1.93. The number of alkyl halides is 1. The average molecular weight is 207 g/mol. The standard InChI is InChI=1S/C12H14FNO/c13-10-6-7-11(8-10)14-12(15)9-4-2-1-3-5-9/h1-5,10-11H,6-8H2,(H,14,15). The van der Waals surface area contributed by atoms with Gasteiger partial charge >= 0.3 is 0 Å². The van der Waals surface area contributed by atoms with Gasteiger partial charge in [-0.25, -0.2) is 4.39 Å². The largest absolute Gasteiger partial charge is 0.349 e. The Bertz CT molecular complexity index is 339. The zero-order valence-electron chi connectivity index (χ0n) is 8.45. The van der Waals surface area contributed by atoms with Gasteiger partial charge in [0.15, 0.2) is 0 Å². The third kappa shape index (κ3) is 2.55. The highest BCUT2D eigenvalue weighted by molar-refractivity contribution is 5.94. The van der Waals surface area contributed by atoms with Crippen LogP contribution in [0, 0.1) is 0 Å². The molecule has 0 aromatic heterocycles. The highest BCUT2D eigenvalue weighted by Crippen LogP contribution is 2.21. The Hall–Kier alpha value is -1.38. The lowest BCUT2D eigenvalue weighted by Gasteiger charge is -2.11. The van der Waals surface area contributed by atoms with E-state index in [2.05, 4.69) is 5.32 Å². The van der Waals surface area contributed by atoms with Crippen molar-refractivity contribution in [1.29, 1.82) is 0 Å². The number of benzene rings is 1. The van der Waals surface area contributed by atoms with Crippen LogP contribution in [0.15, 0.2) is 30.3 Å². The van der Waals surface area contributed by atoms with E-state index in [4.69, 9.17) is 0 Å². The fourth-order valence-electron chi connectivity index (χ4n) is 1.92. The van der Waals surface area contributed by atoms with E-state index in [0.29, 0.717) is 18.4 Å². The minimum Gasteiger partial charge on any atom is -0.349 e. The highest BCUT2D eigenvalue weighted by atomic mass is 19.1. The zero-order valence-corrected chi connectivity index (χ0v) is 8.45. The van der Waals surface area contributed by atoms with E-state index in [9.17, 15) is 9.18 Å². The molecule has 1 aromatic rings. The lowest BCUT2D eigenvalue weighted by molar-refractivity contribution is 0.0936. The molecule has 80 valence electrons. The van der Waals surface area contributed by atoms with E-state index < -0.39 is 6.17 Å². The Labute approximate surface area is 88.5 Å². The van der Waals surface area contributed by atoms with Crippen molar-refractivity contribution in [1.82, 2.24) is 5.32 Å². The molecule has 3 heteroatoms. The predicted octanol–water partition coefficient (Wildman–Crippen LogP) is 2.31. The van der Waals surface area contributed by atoms with Crippen molar-refractivity contribution >= 4 is 5.91 Å². The van der Waals surface area contributed by atoms with Gasteiger partial charge < -0.3 is 5.32 Å². The summed E-state index contributed by atoms with van der Waals surface area (Å²) >= 11 is 0. The normalized spacial score (nSPS) is 25.1. The van der Waals surface area contributed by atoms with Crippen molar-refractivity contribution in [2.24, 2.45) is 0 Å². The van der Waals surface area contributed by atoms with E-state index in [1.807, 2.05) is 18.2 Å². The quantitative estimate of drug-likeness (QED) is 0.792. The molecule has 0 radical (unpaired) electrons. The second-order valence-corrected chi connectivity index (χ2v) is 3.95. The Kier molecular flexibility index (Phi) is 2.99. The van der Waals surface area contributed by atoms with Gasteiger partial charge in [-0.15, -0.1) is 0 Å². The van der Waals surface area contributed by atoms with Gasteiger partial charge in [0.1, 0.15) is 6.17 Å². The second kappa shape index (κ2) is 4.43. The minimum atomic E-state index is -0.744. The van der Waals surface area contributed by atoms with Gasteiger partial charge in [0, 0.05) is 11.6 Å². The Morgan fingerprint density at radius 3 is 2.60 bits per heavy atom. The Morgan fingerprint density at radius 1 is 1.27 bits per heavy atom. The van der Waals surface area contributed by atoms with Gasteiger partial charge in [-0.2, -0.15) is 0 Å². The van der Waals surface area contributed by atoms with Crippen LogP contribution in [0.25, 0.3) is 0 Å². The smallest absolute Gasteiger partial charge is 0.251 e. The van der Waals surface area contributed by atoms with Crippen molar-refractivity contribution in [3.8, 4) is 0 Å². The van der Waals surface area contributed by atoms with Crippen molar-refractivity contribution in [3.63, 3.8) is 0 Å². The molecule has 1 aromatic carbocycles. The van der Waals surface area contributed by atoms with Crippen molar-refractivity contribution in [2.75, 3.05) is 0 Å². The fraction of sp³-hybridized carbons (Fsp3) is 0.417. The van der Waals surface area contributed by atoms with Crippen LogP contribution in [0.1, 0.15) is 29.6 Å². The van der Waals surface area contributed by atoms with Gasteiger partial charge in [0.05, 0.1) is 0 Å². The molecule has 1 aliphatic carbocycles. The molecule has 15 heavy (non-hydrogen) atoms. The molecule has 2 rings (SSSR count). The van der Waals surface area contributed by atoms with Gasteiger partial charge in [0.25, 0.3) is 5.91 Å². The molecule has 1 aliphatic rings. The first-order valence-corrected chi connectivity index (χ1v) is 5.25. The van der Waals surface area contributed by atoms with E-state index >= 15 is 0 Å². The SMILES string of the molecule is O=C(NC1CCC(F)C1)c1ccccc1. The summed E-state index contributed by atoms with van der Waals surface area (Å²) in [6.07, 6.45) is 1.03. The van der Waals surface area contributed by atoms with Crippen LogP contribution in [0.2, 0.25) is 0 Å². The second-order valence-electron chi connectivity index (χ2n) is 3.95. The first-order valence-electron chi connectivity index (χ1n) is 5.25. The number of halogens is 1. The van der Waals surface area contributed by atoms with E-state index in [1.54, 1.807) is 12.1 Å². The molecule has 0 aliphatic heterocycles. The molecule has 0 heterocycles. The molecule has 2 unspecified atom stereocenters. The maximum Gasteiger partial charge on any atom is 0.251 e. The first-order chi connectivity index (χ1) is 7.25. The average Bonchev–Trinajstić information content (AvgIpc) is 2.65. The number of hydrogen-bond donors (Lipinski definition) is 1. The first kappa shape index (κ1) is 10.1. The summed E-state index contributed by atoms with van der Waals surface area (Å²) in [5.41, 5.74) is 0.639. The summed E-state index contributed by atoms with van der Waals surface area (Å²) in [7, 11) is 0. The van der Waals surface area contributed by atoms with Gasteiger partial charge in [-0.3, -0.25) is 4.79 Å². The van der Waals surface area contributed by atoms with E-state index in [1.165, 1.54) is 0 Å².